The Hall–Kier alpha value is -3.21. The number of carbonyl (C=O) groups is 1. The van der Waals surface area contributed by atoms with Gasteiger partial charge in [-0.05, 0) is 38.8 Å². The van der Waals surface area contributed by atoms with Crippen LogP contribution in [0, 0.1) is 16.7 Å². The maximum atomic E-state index is 13.0. The summed E-state index contributed by atoms with van der Waals surface area (Å²) in [4.78, 5) is 33.6. The van der Waals surface area contributed by atoms with E-state index in [1.165, 1.54) is 5.56 Å². The first-order valence-corrected chi connectivity index (χ1v) is 11.7. The maximum absolute atomic E-state index is 13.0. The van der Waals surface area contributed by atoms with Gasteiger partial charge in [-0.25, -0.2) is 15.0 Å². The molecule has 172 valence electrons. The van der Waals surface area contributed by atoms with Crippen molar-refractivity contribution in [3.8, 4) is 6.07 Å². The summed E-state index contributed by atoms with van der Waals surface area (Å²) < 4.78 is 0. The van der Waals surface area contributed by atoms with Crippen molar-refractivity contribution in [2.45, 2.75) is 65.0 Å². The van der Waals surface area contributed by atoms with E-state index in [0.29, 0.717) is 12.1 Å². The predicted molar refractivity (Wildman–Crippen MR) is 126 cm³/mol. The lowest BCUT2D eigenvalue weighted by atomic mass is 9.92. The summed E-state index contributed by atoms with van der Waals surface area (Å²) in [5, 5.41) is 9.34. The van der Waals surface area contributed by atoms with E-state index >= 15 is 0 Å². The van der Waals surface area contributed by atoms with E-state index in [0.717, 1.165) is 43.4 Å². The van der Waals surface area contributed by atoms with Crippen molar-refractivity contribution in [3.63, 3.8) is 0 Å². The molecular formula is C25H31N7O. The first kappa shape index (κ1) is 21.6. The number of hydrogen-bond donors (Lipinski definition) is 0. The van der Waals surface area contributed by atoms with E-state index in [9.17, 15) is 10.1 Å². The van der Waals surface area contributed by atoms with Crippen LogP contribution in [0.1, 0.15) is 58.6 Å². The third-order valence-corrected chi connectivity index (χ3v) is 7.22. The number of rotatable bonds is 2. The number of aromatic nitrogens is 3. The zero-order valence-corrected chi connectivity index (χ0v) is 20.0. The van der Waals surface area contributed by atoms with Gasteiger partial charge in [0.15, 0.2) is 0 Å². The Bertz CT molecular complexity index is 1140. The normalized spacial score (nSPS) is 23.5. The van der Waals surface area contributed by atoms with Gasteiger partial charge < -0.3 is 14.7 Å². The van der Waals surface area contributed by atoms with E-state index in [4.69, 9.17) is 4.98 Å². The molecule has 2 atom stereocenters. The molecule has 2 aliphatic heterocycles. The lowest BCUT2D eigenvalue weighted by molar-refractivity contribution is -0.142. The summed E-state index contributed by atoms with van der Waals surface area (Å²) in [6.45, 7) is 12.5. The minimum Gasteiger partial charge on any atom is -0.350 e. The number of nitriles is 1. The molecule has 33 heavy (non-hydrogen) atoms. The monoisotopic (exact) mass is 445 g/mol. The van der Waals surface area contributed by atoms with Crippen LogP contribution in [0.2, 0.25) is 0 Å². The van der Waals surface area contributed by atoms with Crippen LogP contribution >= 0.6 is 0 Å². The molecule has 1 aliphatic carbocycles. The van der Waals surface area contributed by atoms with Crippen LogP contribution < -0.4 is 9.80 Å². The van der Waals surface area contributed by atoms with E-state index < -0.39 is 5.41 Å². The summed E-state index contributed by atoms with van der Waals surface area (Å²) in [6.07, 6.45) is 5.52. The molecule has 0 aromatic carbocycles. The van der Waals surface area contributed by atoms with Gasteiger partial charge in [0.25, 0.3) is 0 Å². The zero-order valence-electron chi connectivity index (χ0n) is 20.0. The Kier molecular flexibility index (Phi) is 4.85. The minimum absolute atomic E-state index is 0.0393. The summed E-state index contributed by atoms with van der Waals surface area (Å²) in [7, 11) is 0. The smallest absolute Gasteiger partial charge is 0.228 e. The molecule has 4 heterocycles. The molecule has 1 spiro atoms. The fraction of sp³-hybridized carbons (Fsp3) is 0.560. The predicted octanol–water partition coefficient (Wildman–Crippen LogP) is 3.40. The van der Waals surface area contributed by atoms with Crippen molar-refractivity contribution in [2.24, 2.45) is 5.41 Å². The van der Waals surface area contributed by atoms with Gasteiger partial charge in [0.1, 0.15) is 23.8 Å². The summed E-state index contributed by atoms with van der Waals surface area (Å²) in [6, 6.07) is 6.01. The lowest BCUT2D eigenvalue weighted by Gasteiger charge is -2.47. The van der Waals surface area contributed by atoms with E-state index in [1.807, 2.05) is 31.7 Å². The van der Waals surface area contributed by atoms with E-state index in [1.54, 1.807) is 18.6 Å². The van der Waals surface area contributed by atoms with Crippen LogP contribution in [0.5, 0.6) is 0 Å². The van der Waals surface area contributed by atoms with Gasteiger partial charge in [0.05, 0.1) is 11.6 Å². The van der Waals surface area contributed by atoms with Gasteiger partial charge in [-0.15, -0.1) is 0 Å². The van der Waals surface area contributed by atoms with Crippen LogP contribution in [0.3, 0.4) is 0 Å². The second kappa shape index (κ2) is 7.41. The molecule has 0 N–H and O–H groups in total. The van der Waals surface area contributed by atoms with E-state index in [2.05, 4.69) is 39.7 Å². The molecule has 0 bridgehead atoms. The molecule has 1 saturated carbocycles. The summed E-state index contributed by atoms with van der Waals surface area (Å²) in [5.74, 6) is 2.83. The van der Waals surface area contributed by atoms with Crippen LogP contribution in [0.4, 0.5) is 17.5 Å². The Morgan fingerprint density at radius 1 is 1.12 bits per heavy atom. The second-order valence-electron chi connectivity index (χ2n) is 10.8. The molecule has 5 rings (SSSR count). The Morgan fingerprint density at radius 3 is 2.52 bits per heavy atom. The Balaban J connectivity index is 1.50. The maximum Gasteiger partial charge on any atom is 0.228 e. The van der Waals surface area contributed by atoms with Crippen LogP contribution in [-0.4, -0.2) is 57.5 Å². The summed E-state index contributed by atoms with van der Waals surface area (Å²) >= 11 is 0. The molecule has 2 aromatic rings. The van der Waals surface area contributed by atoms with Gasteiger partial charge in [0.2, 0.25) is 5.91 Å². The number of amides is 1. The first-order chi connectivity index (χ1) is 15.6. The highest BCUT2D eigenvalue weighted by atomic mass is 16.2. The van der Waals surface area contributed by atoms with Crippen molar-refractivity contribution < 1.29 is 4.79 Å². The molecular weight excluding hydrogens is 414 g/mol. The van der Waals surface area contributed by atoms with Gasteiger partial charge in [-0.2, -0.15) is 5.26 Å². The SMILES string of the molecule is C[C@@H]1CN(c2ncnc3c2C2(CC2)CN3c2cc(C#N)ccn2)[C@@H](C)CN1C(=O)C(C)(C)C. The number of fused-ring (bicyclic) bond motifs is 2. The van der Waals surface area contributed by atoms with Gasteiger partial charge in [0, 0.05) is 54.3 Å². The number of carbonyl (C=O) groups excluding carboxylic acids is 1. The number of anilines is 3. The molecule has 3 aliphatic rings. The molecule has 0 unspecified atom stereocenters. The molecule has 2 fully saturated rings. The average molecular weight is 446 g/mol. The molecule has 8 heteroatoms. The Labute approximate surface area is 195 Å². The molecule has 2 aromatic heterocycles. The number of piperazine rings is 1. The minimum atomic E-state index is -0.393. The molecule has 1 saturated heterocycles. The zero-order chi connectivity index (χ0) is 23.5. The first-order valence-electron chi connectivity index (χ1n) is 11.7. The molecule has 0 radical (unpaired) electrons. The van der Waals surface area contributed by atoms with Crippen molar-refractivity contribution in [1.29, 1.82) is 5.26 Å². The number of nitrogens with zero attached hydrogens (tertiary/aromatic N) is 7. The third kappa shape index (κ3) is 3.50. The van der Waals surface area contributed by atoms with Crippen molar-refractivity contribution in [2.75, 3.05) is 29.4 Å². The number of hydrogen-bond acceptors (Lipinski definition) is 7. The fourth-order valence-electron chi connectivity index (χ4n) is 5.24. The Morgan fingerprint density at radius 2 is 1.85 bits per heavy atom. The summed E-state index contributed by atoms with van der Waals surface area (Å²) in [5.41, 5.74) is 1.44. The quantitative estimate of drug-likeness (QED) is 0.700. The van der Waals surface area contributed by atoms with Crippen molar-refractivity contribution in [3.05, 3.63) is 35.8 Å². The highest BCUT2D eigenvalue weighted by Gasteiger charge is 2.56. The molecule has 1 amide bonds. The third-order valence-electron chi connectivity index (χ3n) is 7.22. The lowest BCUT2D eigenvalue weighted by Crippen LogP contribution is -2.60. The van der Waals surface area contributed by atoms with E-state index in [-0.39, 0.29) is 23.4 Å². The van der Waals surface area contributed by atoms with Gasteiger partial charge >= 0.3 is 0 Å². The topological polar surface area (TPSA) is 89.2 Å². The van der Waals surface area contributed by atoms with Crippen LogP contribution in [0.25, 0.3) is 0 Å². The highest BCUT2D eigenvalue weighted by molar-refractivity contribution is 5.82. The molecule has 8 nitrogen and oxygen atoms in total. The van der Waals surface area contributed by atoms with Crippen LogP contribution in [0.15, 0.2) is 24.7 Å². The van der Waals surface area contributed by atoms with Crippen LogP contribution in [-0.2, 0) is 10.2 Å². The highest BCUT2D eigenvalue weighted by Crippen LogP contribution is 2.59. The standard InChI is InChI=1S/C25H31N7O/c1-16-13-31(23(33)24(3,4)5)17(2)12-30(16)21-20-22(29-15-28-21)32(14-25(20)7-8-25)19-10-18(11-26)6-9-27-19/h6,9-10,15-17H,7-8,12-14H2,1-5H3/t16-,17+/m0/s1. The average Bonchev–Trinajstić information content (AvgIpc) is 3.49. The fourth-order valence-corrected chi connectivity index (χ4v) is 5.24. The van der Waals surface area contributed by atoms with Crippen molar-refractivity contribution >= 4 is 23.4 Å². The second-order valence-corrected chi connectivity index (χ2v) is 10.8. The van der Waals surface area contributed by atoms with Gasteiger partial charge in [-0.3, -0.25) is 4.79 Å². The van der Waals surface area contributed by atoms with Gasteiger partial charge in [-0.1, -0.05) is 20.8 Å². The number of pyridine rings is 1. The van der Waals surface area contributed by atoms with Crippen molar-refractivity contribution in [1.82, 2.24) is 19.9 Å². The largest absolute Gasteiger partial charge is 0.350 e.